The number of methoxy groups -OCH3 is 1. The molecule has 0 radical (unpaired) electrons. The third-order valence-electron chi connectivity index (χ3n) is 7.21. The molecule has 1 aliphatic carbocycles. The summed E-state index contributed by atoms with van der Waals surface area (Å²) < 4.78 is 24.4. The quantitative estimate of drug-likeness (QED) is 0.182. The number of benzene rings is 2. The average Bonchev–Trinajstić information content (AvgIpc) is 3.41. The SMILES string of the molecule is COCC(=O)Nc1ccc(-c2cnn(C(CC3CC3)c3ccc(-c4c(-n5cnnn5)ccc(Cl)c4F)c[n+]3O)c2)cc1. The molecule has 1 saturated carbocycles. The van der Waals surface area contributed by atoms with Crippen molar-refractivity contribution in [1.29, 1.82) is 0 Å². The second kappa shape index (κ2) is 11.7. The summed E-state index contributed by atoms with van der Waals surface area (Å²) in [6.07, 6.45) is 9.55. The van der Waals surface area contributed by atoms with Crippen LogP contribution in [0.25, 0.3) is 27.9 Å². The minimum Gasteiger partial charge on any atom is -0.375 e. The molecule has 0 saturated heterocycles. The summed E-state index contributed by atoms with van der Waals surface area (Å²) in [4.78, 5) is 11.8. The van der Waals surface area contributed by atoms with Gasteiger partial charge in [0.25, 0.3) is 5.69 Å². The Bertz CT molecular complexity index is 1720. The van der Waals surface area contributed by atoms with Crippen molar-refractivity contribution in [3.05, 3.63) is 90.0 Å². The van der Waals surface area contributed by atoms with Gasteiger partial charge in [0.1, 0.15) is 19.0 Å². The van der Waals surface area contributed by atoms with Crippen LogP contribution in [-0.4, -0.2) is 54.8 Å². The summed E-state index contributed by atoms with van der Waals surface area (Å²) in [5, 5.41) is 29.7. The van der Waals surface area contributed by atoms with Gasteiger partial charge in [-0.15, -0.1) is 5.10 Å². The van der Waals surface area contributed by atoms with Gasteiger partial charge >= 0.3 is 0 Å². The first-order valence-electron chi connectivity index (χ1n) is 13.3. The topological polar surface area (TPSA) is 124 Å². The first-order chi connectivity index (χ1) is 20.4. The number of nitrogens with zero attached hydrogens (tertiary/aromatic N) is 7. The van der Waals surface area contributed by atoms with Crippen LogP contribution in [0.5, 0.6) is 0 Å². The number of tetrazole rings is 1. The molecule has 1 atom stereocenters. The number of ether oxygens (including phenoxy) is 1. The molecule has 3 aromatic heterocycles. The van der Waals surface area contributed by atoms with E-state index < -0.39 is 5.82 Å². The highest BCUT2D eigenvalue weighted by molar-refractivity contribution is 6.31. The molecule has 1 fully saturated rings. The van der Waals surface area contributed by atoms with E-state index >= 15 is 4.39 Å². The zero-order chi connectivity index (χ0) is 29.2. The van der Waals surface area contributed by atoms with Crippen LogP contribution in [0, 0.1) is 11.7 Å². The summed E-state index contributed by atoms with van der Waals surface area (Å²) >= 11 is 6.12. The Morgan fingerprint density at radius 3 is 2.64 bits per heavy atom. The van der Waals surface area contributed by atoms with Crippen molar-refractivity contribution >= 4 is 23.2 Å². The molecule has 0 spiro atoms. The maximum atomic E-state index is 15.3. The largest absolute Gasteiger partial charge is 0.375 e. The van der Waals surface area contributed by atoms with Gasteiger partial charge in [-0.2, -0.15) is 9.78 Å². The molecule has 1 unspecified atom stereocenters. The van der Waals surface area contributed by atoms with E-state index in [1.54, 1.807) is 24.4 Å². The molecule has 13 heteroatoms. The lowest BCUT2D eigenvalue weighted by atomic mass is 10.0. The second-order valence-electron chi connectivity index (χ2n) is 10.2. The van der Waals surface area contributed by atoms with Gasteiger partial charge in [0.2, 0.25) is 12.1 Å². The Morgan fingerprint density at radius 1 is 1.17 bits per heavy atom. The number of halogens is 2. The third kappa shape index (κ3) is 5.71. The minimum atomic E-state index is -0.645. The number of pyridine rings is 1. The molecule has 2 N–H and O–H groups in total. The van der Waals surface area contributed by atoms with Gasteiger partial charge in [-0.25, -0.2) is 4.39 Å². The highest BCUT2D eigenvalue weighted by Crippen LogP contribution is 2.39. The number of carbonyl (C=O) groups excluding carboxylic acids is 1. The monoisotopic (exact) mass is 589 g/mol. The zero-order valence-electron chi connectivity index (χ0n) is 22.6. The van der Waals surface area contributed by atoms with Crippen molar-refractivity contribution in [3.8, 4) is 27.9 Å². The van der Waals surface area contributed by atoms with Crippen LogP contribution < -0.4 is 10.0 Å². The number of carbonyl (C=O) groups is 1. The maximum absolute atomic E-state index is 15.3. The molecule has 0 aliphatic heterocycles. The summed E-state index contributed by atoms with van der Waals surface area (Å²) in [6, 6.07) is 13.8. The number of amides is 1. The Balaban J connectivity index is 1.30. The van der Waals surface area contributed by atoms with Crippen LogP contribution in [0.3, 0.4) is 0 Å². The smallest absolute Gasteiger partial charge is 0.258 e. The van der Waals surface area contributed by atoms with Crippen molar-refractivity contribution in [2.45, 2.75) is 25.3 Å². The molecule has 1 aliphatic rings. The normalized spacial score (nSPS) is 13.7. The van der Waals surface area contributed by atoms with Crippen LogP contribution in [0.15, 0.2) is 73.4 Å². The van der Waals surface area contributed by atoms with Crippen molar-refractivity contribution in [2.75, 3.05) is 19.0 Å². The average molecular weight is 590 g/mol. The van der Waals surface area contributed by atoms with Crippen molar-refractivity contribution in [1.82, 2.24) is 30.0 Å². The summed E-state index contributed by atoms with van der Waals surface area (Å²) in [5.41, 5.74) is 4.02. The van der Waals surface area contributed by atoms with E-state index in [0.717, 1.165) is 35.1 Å². The van der Waals surface area contributed by atoms with Crippen molar-refractivity contribution in [2.24, 2.45) is 5.92 Å². The molecule has 1 amide bonds. The summed E-state index contributed by atoms with van der Waals surface area (Å²) in [5.74, 6) is -0.351. The fraction of sp³-hybridized carbons (Fsp3) is 0.241. The van der Waals surface area contributed by atoms with Crippen LogP contribution >= 0.6 is 11.6 Å². The Kier molecular flexibility index (Phi) is 7.64. The van der Waals surface area contributed by atoms with Gasteiger partial charge in [-0.1, -0.05) is 36.6 Å². The lowest BCUT2D eigenvalue weighted by Gasteiger charge is -2.15. The fourth-order valence-electron chi connectivity index (χ4n) is 4.96. The van der Waals surface area contributed by atoms with Crippen LogP contribution in [0.1, 0.15) is 31.0 Å². The number of nitrogens with one attached hydrogen (secondary N) is 1. The van der Waals surface area contributed by atoms with E-state index in [2.05, 4.69) is 25.9 Å². The third-order valence-corrected chi connectivity index (χ3v) is 7.50. The molecular weight excluding hydrogens is 563 g/mol. The lowest BCUT2D eigenvalue weighted by molar-refractivity contribution is -0.910. The van der Waals surface area contributed by atoms with Crippen molar-refractivity contribution in [3.63, 3.8) is 0 Å². The van der Waals surface area contributed by atoms with Gasteiger partial charge in [0, 0.05) is 35.4 Å². The van der Waals surface area contributed by atoms with Gasteiger partial charge in [-0.05, 0) is 58.7 Å². The van der Waals surface area contributed by atoms with Gasteiger partial charge in [0.15, 0.2) is 5.82 Å². The van der Waals surface area contributed by atoms with Crippen LogP contribution in [0.2, 0.25) is 5.02 Å². The molecular formula is C29H27ClFN8O3+. The van der Waals surface area contributed by atoms with Crippen molar-refractivity contribution < 1.29 is 23.9 Å². The van der Waals surface area contributed by atoms with Gasteiger partial charge in [0.05, 0.1) is 28.0 Å². The molecule has 0 bridgehead atoms. The molecule has 2 aromatic carbocycles. The fourth-order valence-corrected chi connectivity index (χ4v) is 5.11. The Labute approximate surface area is 245 Å². The molecule has 3 heterocycles. The molecule has 42 heavy (non-hydrogen) atoms. The van der Waals surface area contributed by atoms with E-state index in [9.17, 15) is 10.0 Å². The highest BCUT2D eigenvalue weighted by Gasteiger charge is 2.34. The van der Waals surface area contributed by atoms with Crippen LogP contribution in [-0.2, 0) is 9.53 Å². The highest BCUT2D eigenvalue weighted by atomic mass is 35.5. The van der Waals surface area contributed by atoms with Gasteiger partial charge < -0.3 is 10.1 Å². The predicted octanol–water partition coefficient (Wildman–Crippen LogP) is 4.48. The van der Waals surface area contributed by atoms with E-state index in [4.69, 9.17) is 16.3 Å². The molecule has 6 rings (SSSR count). The van der Waals surface area contributed by atoms with Gasteiger partial charge in [-0.3, -0.25) is 14.7 Å². The van der Waals surface area contributed by atoms with E-state index in [1.165, 1.54) is 30.4 Å². The maximum Gasteiger partial charge on any atom is 0.258 e. The van der Waals surface area contributed by atoms with Crippen LogP contribution in [0.4, 0.5) is 10.1 Å². The lowest BCUT2D eigenvalue weighted by Crippen LogP contribution is -2.38. The van der Waals surface area contributed by atoms with E-state index in [1.807, 2.05) is 35.1 Å². The zero-order valence-corrected chi connectivity index (χ0v) is 23.3. The molecule has 214 valence electrons. The second-order valence-corrected chi connectivity index (χ2v) is 10.6. The number of hydrogen-bond acceptors (Lipinski definition) is 7. The molecule has 11 nitrogen and oxygen atoms in total. The summed E-state index contributed by atoms with van der Waals surface area (Å²) in [7, 11) is 1.47. The summed E-state index contributed by atoms with van der Waals surface area (Å²) in [6.45, 7) is -0.0166. The number of aromatic nitrogens is 7. The minimum absolute atomic E-state index is 0.0166. The van der Waals surface area contributed by atoms with E-state index in [-0.39, 0.29) is 29.1 Å². The number of hydrogen-bond donors (Lipinski definition) is 2. The Hall–Kier alpha value is -4.68. The molecule has 5 aromatic rings. The number of anilines is 1. The Morgan fingerprint density at radius 2 is 1.95 bits per heavy atom. The predicted molar refractivity (Wildman–Crippen MR) is 151 cm³/mol. The van der Waals surface area contributed by atoms with E-state index in [0.29, 0.717) is 28.6 Å². The standard InChI is InChI=1S/C29H26ClFN8O3/c1-42-16-27(40)34-22-7-4-19(5-8-22)21-13-33-37(14-21)26(12-18-2-3-18)24-10-6-20(15-39(24)41)28-25(38-17-32-35-36-38)11-9-23(30)29(28)31/h4-11,13-15,17-18,26H,2-3,12,16H2,1H3,(H-,34,40,41)/p+1. The number of rotatable bonds is 10. The first-order valence-corrected chi connectivity index (χ1v) is 13.7. The first kappa shape index (κ1) is 27.5.